The molecule has 0 unspecified atom stereocenters. The standard InChI is InChI=1S/C12H21N3O2S2/c1-2-19(16,17)10-11(13)15-18-12(10)14-9-7-5-3-4-6-8-9/h9,14H,2-8H2,1H3,(H2,13,15). The quantitative estimate of drug-likeness (QED) is 0.835. The van der Waals surface area contributed by atoms with Gasteiger partial charge in [0, 0.05) is 6.04 Å². The molecule has 5 nitrogen and oxygen atoms in total. The van der Waals surface area contributed by atoms with Gasteiger partial charge in [0.05, 0.1) is 5.75 Å². The zero-order chi connectivity index (χ0) is 13.9. The first-order chi connectivity index (χ1) is 9.04. The van der Waals surface area contributed by atoms with Gasteiger partial charge in [-0.05, 0) is 24.4 Å². The lowest BCUT2D eigenvalue weighted by atomic mass is 10.1. The van der Waals surface area contributed by atoms with E-state index >= 15 is 0 Å². The Balaban J connectivity index is 2.21. The molecule has 0 radical (unpaired) electrons. The Morgan fingerprint density at radius 2 is 1.95 bits per heavy atom. The van der Waals surface area contributed by atoms with Gasteiger partial charge in [0.25, 0.3) is 0 Å². The predicted molar refractivity (Wildman–Crippen MR) is 79.4 cm³/mol. The minimum atomic E-state index is -3.32. The van der Waals surface area contributed by atoms with E-state index in [1.54, 1.807) is 6.92 Å². The molecule has 1 saturated carbocycles. The smallest absolute Gasteiger partial charge is 0.184 e. The van der Waals surface area contributed by atoms with Crippen molar-refractivity contribution < 1.29 is 8.42 Å². The summed E-state index contributed by atoms with van der Waals surface area (Å²) in [4.78, 5) is 0.198. The molecule has 1 aromatic rings. The third kappa shape index (κ3) is 3.39. The first kappa shape index (κ1) is 14.6. The van der Waals surface area contributed by atoms with Crippen molar-refractivity contribution in [2.75, 3.05) is 16.8 Å². The highest BCUT2D eigenvalue weighted by Gasteiger charge is 2.25. The first-order valence-corrected chi connectivity index (χ1v) is 9.21. The van der Waals surface area contributed by atoms with Crippen LogP contribution in [-0.4, -0.2) is 24.6 Å². The number of anilines is 2. The minimum absolute atomic E-state index is 0.0506. The number of rotatable bonds is 4. The fourth-order valence-corrected chi connectivity index (χ4v) is 4.67. The van der Waals surface area contributed by atoms with Gasteiger partial charge in [-0.1, -0.05) is 32.6 Å². The van der Waals surface area contributed by atoms with Crippen LogP contribution in [0.2, 0.25) is 0 Å². The molecule has 0 amide bonds. The molecule has 0 spiro atoms. The zero-order valence-electron chi connectivity index (χ0n) is 11.2. The third-order valence-electron chi connectivity index (χ3n) is 3.56. The van der Waals surface area contributed by atoms with E-state index in [1.807, 2.05) is 0 Å². The second-order valence-corrected chi connectivity index (χ2v) is 7.95. The van der Waals surface area contributed by atoms with Gasteiger partial charge >= 0.3 is 0 Å². The van der Waals surface area contributed by atoms with Crippen molar-refractivity contribution in [3.63, 3.8) is 0 Å². The molecule has 7 heteroatoms. The molecule has 0 aromatic carbocycles. The van der Waals surface area contributed by atoms with Crippen LogP contribution in [0.5, 0.6) is 0 Å². The van der Waals surface area contributed by atoms with Crippen LogP contribution in [0.25, 0.3) is 0 Å². The molecule has 1 aliphatic carbocycles. The van der Waals surface area contributed by atoms with Gasteiger partial charge in [0.2, 0.25) is 0 Å². The van der Waals surface area contributed by atoms with E-state index in [9.17, 15) is 8.42 Å². The molecule has 0 bridgehead atoms. The highest BCUT2D eigenvalue weighted by Crippen LogP contribution is 2.34. The summed E-state index contributed by atoms with van der Waals surface area (Å²) < 4.78 is 28.1. The molecule has 108 valence electrons. The summed E-state index contributed by atoms with van der Waals surface area (Å²) in [6.45, 7) is 1.63. The van der Waals surface area contributed by atoms with Crippen LogP contribution in [0.1, 0.15) is 45.4 Å². The van der Waals surface area contributed by atoms with Gasteiger partial charge < -0.3 is 11.1 Å². The summed E-state index contributed by atoms with van der Waals surface area (Å²) in [5.74, 6) is 0.178. The van der Waals surface area contributed by atoms with E-state index in [2.05, 4.69) is 9.69 Å². The lowest BCUT2D eigenvalue weighted by Crippen LogP contribution is -2.19. The molecule has 19 heavy (non-hydrogen) atoms. The highest BCUT2D eigenvalue weighted by atomic mass is 32.2. The molecule has 3 N–H and O–H groups in total. The molecule has 1 aromatic heterocycles. The van der Waals surface area contributed by atoms with Crippen LogP contribution in [0.15, 0.2) is 4.90 Å². The van der Waals surface area contributed by atoms with Crippen molar-refractivity contribution >= 4 is 32.2 Å². The number of hydrogen-bond acceptors (Lipinski definition) is 6. The van der Waals surface area contributed by atoms with Crippen molar-refractivity contribution in [3.05, 3.63) is 0 Å². The van der Waals surface area contributed by atoms with E-state index in [1.165, 1.54) is 25.7 Å². The molecular formula is C12H21N3O2S2. The maximum Gasteiger partial charge on any atom is 0.184 e. The van der Waals surface area contributed by atoms with Crippen LogP contribution >= 0.6 is 11.5 Å². The van der Waals surface area contributed by atoms with Crippen LogP contribution < -0.4 is 11.1 Å². The second kappa shape index (κ2) is 6.09. The average molecular weight is 303 g/mol. The number of aromatic nitrogens is 1. The summed E-state index contributed by atoms with van der Waals surface area (Å²) in [7, 11) is -3.32. The lowest BCUT2D eigenvalue weighted by molar-refractivity contribution is 0.596. The van der Waals surface area contributed by atoms with E-state index in [-0.39, 0.29) is 16.5 Å². The fraction of sp³-hybridized carbons (Fsp3) is 0.750. The number of sulfone groups is 1. The maximum atomic E-state index is 12.1. The summed E-state index contributed by atoms with van der Waals surface area (Å²) >= 11 is 1.15. The summed E-state index contributed by atoms with van der Waals surface area (Å²) in [5, 5.41) is 3.96. The summed E-state index contributed by atoms with van der Waals surface area (Å²) in [6.07, 6.45) is 7.10. The van der Waals surface area contributed by atoms with Crippen molar-refractivity contribution in [3.8, 4) is 0 Å². The van der Waals surface area contributed by atoms with Crippen molar-refractivity contribution in [1.29, 1.82) is 0 Å². The summed E-state index contributed by atoms with van der Waals surface area (Å²) in [5.41, 5.74) is 5.72. The molecule has 1 aliphatic rings. The molecular weight excluding hydrogens is 282 g/mol. The molecule has 1 fully saturated rings. The number of nitrogen functional groups attached to an aromatic ring is 1. The molecule has 0 atom stereocenters. The summed E-state index contributed by atoms with van der Waals surface area (Å²) in [6, 6.07) is 0.341. The van der Waals surface area contributed by atoms with Crippen LogP contribution in [0, 0.1) is 0 Å². The van der Waals surface area contributed by atoms with Crippen LogP contribution in [0.4, 0.5) is 10.8 Å². The second-order valence-electron chi connectivity index (χ2n) is 4.96. The van der Waals surface area contributed by atoms with Crippen LogP contribution in [0.3, 0.4) is 0 Å². The Kier molecular flexibility index (Phi) is 4.67. The Morgan fingerprint density at radius 3 is 2.53 bits per heavy atom. The average Bonchev–Trinajstić information content (AvgIpc) is 2.60. The number of nitrogens with one attached hydrogen (secondary N) is 1. The van der Waals surface area contributed by atoms with Gasteiger partial charge in [-0.25, -0.2) is 8.42 Å². The fourth-order valence-electron chi connectivity index (χ4n) is 2.44. The van der Waals surface area contributed by atoms with Gasteiger partial charge in [-0.15, -0.1) is 0 Å². The number of nitrogens with two attached hydrogens (primary N) is 1. The van der Waals surface area contributed by atoms with Crippen molar-refractivity contribution in [1.82, 2.24) is 4.37 Å². The predicted octanol–water partition coefficient (Wildman–Crippen LogP) is 2.65. The maximum absolute atomic E-state index is 12.1. The lowest BCUT2D eigenvalue weighted by Gasteiger charge is -2.17. The molecule has 2 rings (SSSR count). The third-order valence-corrected chi connectivity index (χ3v) is 6.27. The van der Waals surface area contributed by atoms with E-state index < -0.39 is 9.84 Å². The first-order valence-electron chi connectivity index (χ1n) is 6.79. The minimum Gasteiger partial charge on any atom is -0.382 e. The van der Waals surface area contributed by atoms with Crippen molar-refractivity contribution in [2.24, 2.45) is 0 Å². The Morgan fingerprint density at radius 1 is 1.32 bits per heavy atom. The highest BCUT2D eigenvalue weighted by molar-refractivity contribution is 7.91. The van der Waals surface area contributed by atoms with Gasteiger partial charge in [-0.2, -0.15) is 4.37 Å². The number of hydrogen-bond donors (Lipinski definition) is 2. The molecule has 0 aliphatic heterocycles. The number of nitrogens with zero attached hydrogens (tertiary/aromatic N) is 1. The molecule has 0 saturated heterocycles. The van der Waals surface area contributed by atoms with Crippen LogP contribution in [-0.2, 0) is 9.84 Å². The van der Waals surface area contributed by atoms with Gasteiger partial charge in [0.1, 0.15) is 9.90 Å². The Labute approximate surface area is 118 Å². The van der Waals surface area contributed by atoms with Crippen molar-refractivity contribution in [2.45, 2.75) is 56.4 Å². The SMILES string of the molecule is CCS(=O)(=O)c1c(N)nsc1NC1CCCCCC1. The van der Waals surface area contributed by atoms with E-state index in [4.69, 9.17) is 5.73 Å². The zero-order valence-corrected chi connectivity index (χ0v) is 12.8. The topological polar surface area (TPSA) is 85.1 Å². The van der Waals surface area contributed by atoms with E-state index in [0.29, 0.717) is 11.0 Å². The Bertz CT molecular complexity index is 517. The van der Waals surface area contributed by atoms with Gasteiger partial charge in [0.15, 0.2) is 15.7 Å². The normalized spacial score (nSPS) is 18.2. The van der Waals surface area contributed by atoms with E-state index in [0.717, 1.165) is 24.4 Å². The molecule has 1 heterocycles. The Hall–Kier alpha value is -0.820. The largest absolute Gasteiger partial charge is 0.382 e. The van der Waals surface area contributed by atoms with Gasteiger partial charge in [-0.3, -0.25) is 0 Å². The monoisotopic (exact) mass is 303 g/mol.